The maximum absolute atomic E-state index is 10.2. The summed E-state index contributed by atoms with van der Waals surface area (Å²) in [5, 5.41) is 24.4. The van der Waals surface area contributed by atoms with Crippen LogP contribution in [0.5, 0.6) is 0 Å². The molecule has 1 aromatic heterocycles. The molecule has 3 nitrogen and oxygen atoms in total. The van der Waals surface area contributed by atoms with Gasteiger partial charge in [-0.25, -0.2) is 0 Å². The van der Waals surface area contributed by atoms with Crippen LogP contribution in [0.15, 0.2) is 41.8 Å². The van der Waals surface area contributed by atoms with E-state index in [1.165, 1.54) is 4.88 Å². The van der Waals surface area contributed by atoms with Crippen LogP contribution in [0, 0.1) is 11.3 Å². The number of rotatable bonds is 6. The van der Waals surface area contributed by atoms with Crippen LogP contribution in [-0.4, -0.2) is 18.2 Å². The monoisotopic (exact) mass is 300 g/mol. The molecule has 0 amide bonds. The number of nitrogens with one attached hydrogen (secondary N) is 1. The fraction of sp³-hybridized carbons (Fsp3) is 0.353. The number of nitrogens with zero attached hydrogens (tertiary/aromatic N) is 1. The van der Waals surface area contributed by atoms with E-state index in [1.54, 1.807) is 35.6 Å². The van der Waals surface area contributed by atoms with Gasteiger partial charge >= 0.3 is 0 Å². The summed E-state index contributed by atoms with van der Waals surface area (Å²) in [7, 11) is 0. The molecule has 2 rings (SSSR count). The van der Waals surface area contributed by atoms with Crippen molar-refractivity contribution in [1.82, 2.24) is 5.32 Å². The molecule has 0 saturated carbocycles. The zero-order valence-electron chi connectivity index (χ0n) is 12.3. The van der Waals surface area contributed by atoms with Crippen LogP contribution >= 0.6 is 11.3 Å². The first-order chi connectivity index (χ1) is 10.0. The first-order valence-electron chi connectivity index (χ1n) is 6.96. The predicted octanol–water partition coefficient (Wildman–Crippen LogP) is 3.22. The van der Waals surface area contributed by atoms with Crippen molar-refractivity contribution in [3.63, 3.8) is 0 Å². The Morgan fingerprint density at radius 3 is 2.57 bits per heavy atom. The summed E-state index contributed by atoms with van der Waals surface area (Å²) in [6, 6.07) is 13.3. The molecule has 1 atom stereocenters. The first-order valence-corrected chi connectivity index (χ1v) is 7.84. The molecule has 1 unspecified atom stereocenters. The zero-order chi connectivity index (χ0) is 15.3. The van der Waals surface area contributed by atoms with Crippen LogP contribution in [0.3, 0.4) is 0 Å². The Kier molecular flexibility index (Phi) is 5.13. The molecule has 2 aromatic rings. The van der Waals surface area contributed by atoms with Crippen LogP contribution in [-0.2, 0) is 5.41 Å². The summed E-state index contributed by atoms with van der Waals surface area (Å²) < 4.78 is 0. The van der Waals surface area contributed by atoms with E-state index in [2.05, 4.69) is 42.7 Å². The van der Waals surface area contributed by atoms with Crippen LogP contribution in [0.2, 0.25) is 0 Å². The molecule has 0 bridgehead atoms. The second kappa shape index (κ2) is 6.86. The summed E-state index contributed by atoms with van der Waals surface area (Å²) in [6.45, 7) is 5.70. The van der Waals surface area contributed by atoms with E-state index >= 15 is 0 Å². The summed E-state index contributed by atoms with van der Waals surface area (Å²) in [6.07, 6.45) is -0.558. The topological polar surface area (TPSA) is 56.0 Å². The van der Waals surface area contributed by atoms with Gasteiger partial charge in [0.15, 0.2) is 0 Å². The normalized spacial score (nSPS) is 12.9. The molecule has 0 aliphatic carbocycles. The number of aliphatic hydroxyl groups excluding tert-OH is 1. The molecule has 21 heavy (non-hydrogen) atoms. The van der Waals surface area contributed by atoms with Gasteiger partial charge in [-0.15, -0.1) is 11.3 Å². The zero-order valence-corrected chi connectivity index (χ0v) is 13.2. The lowest BCUT2D eigenvalue weighted by Crippen LogP contribution is -2.34. The predicted molar refractivity (Wildman–Crippen MR) is 86.3 cm³/mol. The third kappa shape index (κ3) is 4.15. The minimum absolute atomic E-state index is 0.0541. The first kappa shape index (κ1) is 15.7. The van der Waals surface area contributed by atoms with E-state index < -0.39 is 6.10 Å². The van der Waals surface area contributed by atoms with Crippen molar-refractivity contribution in [2.45, 2.75) is 25.4 Å². The lowest BCUT2D eigenvalue weighted by atomic mass is 9.91. The average molecular weight is 300 g/mol. The lowest BCUT2D eigenvalue weighted by Gasteiger charge is -2.24. The highest BCUT2D eigenvalue weighted by Crippen LogP contribution is 2.26. The average Bonchev–Trinajstić information content (AvgIpc) is 3.02. The van der Waals surface area contributed by atoms with Gasteiger partial charge in [-0.05, 0) is 29.1 Å². The van der Waals surface area contributed by atoms with Gasteiger partial charge in [0.2, 0.25) is 0 Å². The smallest absolute Gasteiger partial charge is 0.0991 e. The quantitative estimate of drug-likeness (QED) is 0.861. The minimum atomic E-state index is -0.558. The van der Waals surface area contributed by atoms with Crippen molar-refractivity contribution in [2.24, 2.45) is 0 Å². The molecule has 0 aliphatic heterocycles. The van der Waals surface area contributed by atoms with Gasteiger partial charge in [-0.1, -0.05) is 32.0 Å². The van der Waals surface area contributed by atoms with Crippen molar-refractivity contribution < 1.29 is 5.11 Å². The molecule has 1 heterocycles. The Labute approximate surface area is 129 Å². The maximum atomic E-state index is 10.2. The molecule has 0 aliphatic rings. The van der Waals surface area contributed by atoms with Crippen LogP contribution in [0.4, 0.5) is 0 Å². The Bertz CT molecular complexity index is 597. The van der Waals surface area contributed by atoms with E-state index in [-0.39, 0.29) is 5.41 Å². The van der Waals surface area contributed by atoms with Gasteiger partial charge in [-0.3, -0.25) is 0 Å². The molecule has 0 saturated heterocycles. The fourth-order valence-corrected chi connectivity index (χ4v) is 3.02. The van der Waals surface area contributed by atoms with E-state index in [0.29, 0.717) is 12.1 Å². The molecule has 1 aromatic carbocycles. The molecular weight excluding hydrogens is 280 g/mol. The second-order valence-corrected chi connectivity index (χ2v) is 6.69. The van der Waals surface area contributed by atoms with Crippen LogP contribution in [0.1, 0.15) is 36.0 Å². The molecule has 2 N–H and O–H groups in total. The fourth-order valence-electron chi connectivity index (χ4n) is 2.17. The summed E-state index contributed by atoms with van der Waals surface area (Å²) in [4.78, 5) is 1.34. The minimum Gasteiger partial charge on any atom is -0.387 e. The summed E-state index contributed by atoms with van der Waals surface area (Å²) >= 11 is 1.76. The highest BCUT2D eigenvalue weighted by Gasteiger charge is 2.21. The standard InChI is InChI=1S/C17H20N2OS/c1-17(2,16-4-3-9-21-16)12-19-11-15(20)14-7-5-13(10-18)6-8-14/h3-9,15,19-20H,11-12H2,1-2H3. The largest absolute Gasteiger partial charge is 0.387 e. The third-order valence-electron chi connectivity index (χ3n) is 3.52. The number of aliphatic hydroxyl groups is 1. The molecule has 110 valence electrons. The van der Waals surface area contributed by atoms with Crippen molar-refractivity contribution in [1.29, 1.82) is 5.26 Å². The summed E-state index contributed by atoms with van der Waals surface area (Å²) in [5.41, 5.74) is 1.49. The number of hydrogen-bond acceptors (Lipinski definition) is 4. The van der Waals surface area contributed by atoms with Gasteiger partial charge in [0.05, 0.1) is 17.7 Å². The lowest BCUT2D eigenvalue weighted by molar-refractivity contribution is 0.172. The molecule has 0 fully saturated rings. The van der Waals surface area contributed by atoms with Crippen molar-refractivity contribution in [3.05, 3.63) is 57.8 Å². The van der Waals surface area contributed by atoms with Crippen molar-refractivity contribution >= 4 is 11.3 Å². The van der Waals surface area contributed by atoms with Gasteiger partial charge in [-0.2, -0.15) is 5.26 Å². The Hall–Kier alpha value is -1.67. The second-order valence-electron chi connectivity index (χ2n) is 5.74. The van der Waals surface area contributed by atoms with E-state index in [9.17, 15) is 5.11 Å². The Morgan fingerprint density at radius 2 is 2.00 bits per heavy atom. The summed E-state index contributed by atoms with van der Waals surface area (Å²) in [5.74, 6) is 0. The van der Waals surface area contributed by atoms with Crippen LogP contribution < -0.4 is 5.32 Å². The van der Waals surface area contributed by atoms with E-state index in [1.807, 2.05) is 0 Å². The number of hydrogen-bond donors (Lipinski definition) is 2. The third-order valence-corrected chi connectivity index (χ3v) is 4.75. The SMILES string of the molecule is CC(C)(CNCC(O)c1ccc(C#N)cc1)c1cccs1. The highest BCUT2D eigenvalue weighted by molar-refractivity contribution is 7.10. The van der Waals surface area contributed by atoms with Crippen molar-refractivity contribution in [3.8, 4) is 6.07 Å². The van der Waals surface area contributed by atoms with Gasteiger partial charge < -0.3 is 10.4 Å². The number of thiophene rings is 1. The number of nitriles is 1. The van der Waals surface area contributed by atoms with Crippen molar-refractivity contribution in [2.75, 3.05) is 13.1 Å². The van der Waals surface area contributed by atoms with E-state index in [0.717, 1.165) is 12.1 Å². The van der Waals surface area contributed by atoms with Gasteiger partial charge in [0.25, 0.3) is 0 Å². The Balaban J connectivity index is 1.86. The Morgan fingerprint density at radius 1 is 1.29 bits per heavy atom. The maximum Gasteiger partial charge on any atom is 0.0991 e. The van der Waals surface area contributed by atoms with Crippen LogP contribution in [0.25, 0.3) is 0 Å². The molecule has 0 spiro atoms. The molecule has 0 radical (unpaired) electrons. The van der Waals surface area contributed by atoms with E-state index in [4.69, 9.17) is 5.26 Å². The highest BCUT2D eigenvalue weighted by atomic mass is 32.1. The number of benzene rings is 1. The van der Waals surface area contributed by atoms with Gasteiger partial charge in [0.1, 0.15) is 0 Å². The molecular formula is C17H20N2OS. The molecule has 4 heteroatoms. The van der Waals surface area contributed by atoms with Gasteiger partial charge in [0, 0.05) is 23.4 Å².